The van der Waals surface area contributed by atoms with Gasteiger partial charge in [0.2, 0.25) is 5.95 Å². The van der Waals surface area contributed by atoms with Crippen LogP contribution in [0.1, 0.15) is 35.0 Å². The fourth-order valence-electron chi connectivity index (χ4n) is 3.12. The number of hydrogen-bond donors (Lipinski definition) is 1. The van der Waals surface area contributed by atoms with Gasteiger partial charge in [-0.25, -0.2) is 23.1 Å². The number of amides is 1. The maximum absolute atomic E-state index is 12.8. The first-order chi connectivity index (χ1) is 15.3. The molecule has 0 bridgehead atoms. The fraction of sp³-hybridized carbons (Fsp3) is 0.261. The fourth-order valence-corrected chi connectivity index (χ4v) is 4.39. The molecule has 0 saturated heterocycles. The molecule has 1 heterocycles. The molecule has 0 saturated carbocycles. The van der Waals surface area contributed by atoms with Gasteiger partial charge in [0.1, 0.15) is 0 Å². The lowest BCUT2D eigenvalue weighted by molar-refractivity contribution is 0.0979. The Hall–Kier alpha value is -2.97. The third-order valence-corrected chi connectivity index (χ3v) is 6.40. The smallest absolute Gasteiger partial charge is 0.268 e. The Kier molecular flexibility index (Phi) is 7.82. The second-order valence-corrected chi connectivity index (χ2v) is 9.45. The number of nitrogens with one attached hydrogen (secondary N) is 1. The number of likely N-dealkylation sites (N-methyl/N-ethyl adjacent to an activating group) is 1. The number of halogens is 1. The molecule has 0 unspecified atom stereocenters. The summed E-state index contributed by atoms with van der Waals surface area (Å²) < 4.78 is 27.3. The number of rotatable bonds is 9. The highest BCUT2D eigenvalue weighted by atomic mass is 35.5. The maximum atomic E-state index is 12.8. The number of hydrogen-bond acceptors (Lipinski definition) is 6. The molecule has 32 heavy (non-hydrogen) atoms. The summed E-state index contributed by atoms with van der Waals surface area (Å²) in [5.41, 5.74) is 1.84. The van der Waals surface area contributed by atoms with Gasteiger partial charge in [-0.1, -0.05) is 61.3 Å². The van der Waals surface area contributed by atoms with Gasteiger partial charge in [0.25, 0.3) is 15.9 Å². The largest absolute Gasteiger partial charge is 0.344 e. The molecular weight excluding hydrogens is 448 g/mol. The predicted molar refractivity (Wildman–Crippen MR) is 126 cm³/mol. The summed E-state index contributed by atoms with van der Waals surface area (Å²) in [4.78, 5) is 23.5. The zero-order valence-corrected chi connectivity index (χ0v) is 19.5. The Morgan fingerprint density at radius 1 is 1.09 bits per heavy atom. The lowest BCUT2D eigenvalue weighted by Crippen LogP contribution is -2.32. The molecule has 3 rings (SSSR count). The molecule has 7 nitrogen and oxygen atoms in total. The minimum atomic E-state index is -4.08. The van der Waals surface area contributed by atoms with Crippen molar-refractivity contribution in [2.75, 3.05) is 18.5 Å². The molecule has 0 aliphatic carbocycles. The number of carbonyl (C=O) groups excluding carboxylic acids is 1. The van der Waals surface area contributed by atoms with Gasteiger partial charge in [0.15, 0.2) is 0 Å². The third-order valence-electron chi connectivity index (χ3n) is 4.84. The van der Waals surface area contributed by atoms with Crippen molar-refractivity contribution in [2.45, 2.75) is 31.1 Å². The molecule has 1 N–H and O–H groups in total. The van der Waals surface area contributed by atoms with E-state index >= 15 is 0 Å². The first-order valence-electron chi connectivity index (χ1n) is 10.2. The van der Waals surface area contributed by atoms with Crippen LogP contribution < -0.4 is 9.62 Å². The van der Waals surface area contributed by atoms with E-state index in [1.807, 2.05) is 37.1 Å². The van der Waals surface area contributed by atoms with Crippen molar-refractivity contribution in [3.63, 3.8) is 0 Å². The predicted octanol–water partition coefficient (Wildman–Crippen LogP) is 3.88. The van der Waals surface area contributed by atoms with Gasteiger partial charge in [-0.15, -0.1) is 0 Å². The number of nitrogens with zero attached hydrogens (tertiary/aromatic N) is 3. The summed E-state index contributed by atoms with van der Waals surface area (Å²) in [7, 11) is -2.19. The standard InChI is InChI=1S/C23H25ClN4O3S/c1-3-8-21-20(22(29)27-32(30,31)19-12-7-11-18(24)15-19)16-25-23(26-21)28(2)14-13-17-9-5-4-6-10-17/h4-7,9-12,15-16H,3,8,13-14H2,1-2H3,(H,27,29). The van der Waals surface area contributed by atoms with Gasteiger partial charge < -0.3 is 4.90 Å². The molecule has 3 aromatic rings. The van der Waals surface area contributed by atoms with E-state index in [1.165, 1.54) is 30.0 Å². The van der Waals surface area contributed by atoms with E-state index in [1.54, 1.807) is 6.07 Å². The van der Waals surface area contributed by atoms with Crippen LogP contribution in [0, 0.1) is 0 Å². The number of benzene rings is 2. The van der Waals surface area contributed by atoms with Gasteiger partial charge in [-0.05, 0) is 36.6 Å². The van der Waals surface area contributed by atoms with E-state index in [0.717, 1.165) is 12.8 Å². The maximum Gasteiger partial charge on any atom is 0.268 e. The highest BCUT2D eigenvalue weighted by Crippen LogP contribution is 2.18. The topological polar surface area (TPSA) is 92.3 Å². The number of aromatic nitrogens is 2. The summed E-state index contributed by atoms with van der Waals surface area (Å²) >= 11 is 5.88. The van der Waals surface area contributed by atoms with Gasteiger partial charge in [0, 0.05) is 24.8 Å². The van der Waals surface area contributed by atoms with E-state index < -0.39 is 15.9 Å². The normalized spacial score (nSPS) is 11.2. The Labute approximate surface area is 193 Å². The van der Waals surface area contributed by atoms with E-state index in [2.05, 4.69) is 26.8 Å². The number of anilines is 1. The van der Waals surface area contributed by atoms with Crippen molar-refractivity contribution in [2.24, 2.45) is 0 Å². The quantitative estimate of drug-likeness (QED) is 0.508. The summed E-state index contributed by atoms with van der Waals surface area (Å²) in [6, 6.07) is 15.8. The highest BCUT2D eigenvalue weighted by Gasteiger charge is 2.22. The van der Waals surface area contributed by atoms with E-state index in [-0.39, 0.29) is 15.5 Å². The Morgan fingerprint density at radius 3 is 2.53 bits per heavy atom. The average Bonchev–Trinajstić information content (AvgIpc) is 2.78. The number of carbonyl (C=O) groups is 1. The van der Waals surface area contributed by atoms with Crippen LogP contribution in [0.15, 0.2) is 65.7 Å². The Morgan fingerprint density at radius 2 is 1.84 bits per heavy atom. The van der Waals surface area contributed by atoms with E-state index in [0.29, 0.717) is 24.6 Å². The lowest BCUT2D eigenvalue weighted by atomic mass is 10.1. The molecule has 0 radical (unpaired) electrons. The molecule has 0 aliphatic heterocycles. The first-order valence-corrected chi connectivity index (χ1v) is 12.1. The zero-order valence-electron chi connectivity index (χ0n) is 18.0. The Balaban J connectivity index is 1.78. The minimum Gasteiger partial charge on any atom is -0.344 e. The molecule has 168 valence electrons. The van der Waals surface area contributed by atoms with Crippen LogP contribution in [0.25, 0.3) is 0 Å². The second kappa shape index (κ2) is 10.6. The van der Waals surface area contributed by atoms with Crippen molar-refractivity contribution in [1.29, 1.82) is 0 Å². The molecule has 0 fully saturated rings. The van der Waals surface area contributed by atoms with Crippen LogP contribution in [0.3, 0.4) is 0 Å². The Bertz CT molecular complexity index is 1190. The average molecular weight is 473 g/mol. The number of sulfonamides is 1. The molecule has 1 amide bonds. The summed E-state index contributed by atoms with van der Waals surface area (Å²) in [6.45, 7) is 2.66. The van der Waals surface area contributed by atoms with E-state index in [4.69, 9.17) is 11.6 Å². The van der Waals surface area contributed by atoms with Crippen molar-refractivity contribution in [1.82, 2.24) is 14.7 Å². The van der Waals surface area contributed by atoms with Crippen molar-refractivity contribution in [3.8, 4) is 0 Å². The molecule has 0 spiro atoms. The van der Waals surface area contributed by atoms with Gasteiger partial charge in [-0.2, -0.15) is 0 Å². The summed E-state index contributed by atoms with van der Waals surface area (Å²) in [5, 5.41) is 0.262. The van der Waals surface area contributed by atoms with Crippen molar-refractivity contribution < 1.29 is 13.2 Å². The van der Waals surface area contributed by atoms with Crippen molar-refractivity contribution >= 4 is 33.5 Å². The van der Waals surface area contributed by atoms with Crippen LogP contribution in [0.5, 0.6) is 0 Å². The number of aryl methyl sites for hydroxylation is 1. The van der Waals surface area contributed by atoms with Crippen molar-refractivity contribution in [3.05, 3.63) is 82.6 Å². The third kappa shape index (κ3) is 6.05. The molecule has 9 heteroatoms. The molecule has 1 aromatic heterocycles. The van der Waals surface area contributed by atoms with Crippen LogP contribution in [0.4, 0.5) is 5.95 Å². The van der Waals surface area contributed by atoms with Crippen LogP contribution in [-0.4, -0.2) is 37.9 Å². The van der Waals surface area contributed by atoms with Crippen LogP contribution in [-0.2, 0) is 22.9 Å². The van der Waals surface area contributed by atoms with Crippen LogP contribution in [0.2, 0.25) is 5.02 Å². The highest BCUT2D eigenvalue weighted by molar-refractivity contribution is 7.90. The second-order valence-electron chi connectivity index (χ2n) is 7.33. The SMILES string of the molecule is CCCc1nc(N(C)CCc2ccccc2)ncc1C(=O)NS(=O)(=O)c1cccc(Cl)c1. The monoisotopic (exact) mass is 472 g/mol. The summed E-state index contributed by atoms with van der Waals surface area (Å²) in [6.07, 6.45) is 3.46. The zero-order chi connectivity index (χ0) is 23.1. The molecular formula is C23H25ClN4O3S. The molecule has 2 aromatic carbocycles. The van der Waals surface area contributed by atoms with Gasteiger partial charge in [0.05, 0.1) is 16.2 Å². The van der Waals surface area contributed by atoms with Gasteiger partial charge >= 0.3 is 0 Å². The summed E-state index contributed by atoms with van der Waals surface area (Å²) in [5.74, 6) is -0.287. The lowest BCUT2D eigenvalue weighted by Gasteiger charge is -2.19. The van der Waals surface area contributed by atoms with Gasteiger partial charge in [-0.3, -0.25) is 4.79 Å². The van der Waals surface area contributed by atoms with E-state index in [9.17, 15) is 13.2 Å². The minimum absolute atomic E-state index is 0.0893. The molecule has 0 aliphatic rings. The molecule has 0 atom stereocenters. The van der Waals surface area contributed by atoms with Crippen LogP contribution >= 0.6 is 11.6 Å². The first kappa shape index (κ1) is 23.7.